The highest BCUT2D eigenvalue weighted by molar-refractivity contribution is 7.51. The molecule has 2 atom stereocenters. The SMILES string of the molecule is CCOP(=O)([O-])[C@@H]([NH2+]CCO)c1ccccc1O.O.O. The van der Waals surface area contributed by atoms with E-state index in [2.05, 4.69) is 0 Å². The maximum atomic E-state index is 12.0. The number of aliphatic hydroxyl groups excluding tert-OH is 1. The van der Waals surface area contributed by atoms with Crippen molar-refractivity contribution in [2.45, 2.75) is 12.7 Å². The standard InChI is InChI=1S/C11H18NO5P.2H2O/c1-2-17-18(15,16)11(12-7-8-13)9-5-3-4-6-10(9)14;;/h3-6,11-14H,2,7-8H2,1H3,(H,15,16);2*1H2/t11-;;/m1../s1. The van der Waals surface area contributed by atoms with Gasteiger partial charge in [-0.15, -0.1) is 0 Å². The lowest BCUT2D eigenvalue weighted by Crippen LogP contribution is -2.86. The zero-order valence-corrected chi connectivity index (χ0v) is 12.0. The summed E-state index contributed by atoms with van der Waals surface area (Å²) in [6.07, 6.45) is 0. The van der Waals surface area contributed by atoms with Crippen LogP contribution in [0.5, 0.6) is 5.75 Å². The van der Waals surface area contributed by atoms with Gasteiger partial charge in [0.15, 0.2) is 13.4 Å². The Kier molecular flexibility index (Phi) is 10.5. The first kappa shape index (κ1) is 21.3. The van der Waals surface area contributed by atoms with Gasteiger partial charge in [-0.25, -0.2) is 0 Å². The van der Waals surface area contributed by atoms with Crippen molar-refractivity contribution in [1.82, 2.24) is 0 Å². The second-order valence-electron chi connectivity index (χ2n) is 3.71. The molecule has 0 aliphatic rings. The molecule has 0 spiro atoms. The fourth-order valence-electron chi connectivity index (χ4n) is 1.66. The molecule has 8 nitrogen and oxygen atoms in total. The van der Waals surface area contributed by atoms with Gasteiger partial charge in [-0.1, -0.05) is 12.1 Å². The first-order valence-corrected chi connectivity index (χ1v) is 7.31. The minimum absolute atomic E-state index is 0. The molecule has 0 fully saturated rings. The van der Waals surface area contributed by atoms with Crippen LogP contribution in [0.25, 0.3) is 0 Å². The summed E-state index contributed by atoms with van der Waals surface area (Å²) in [6.45, 7) is 1.67. The number of phenolic OH excluding ortho intramolecular Hbond substituents is 1. The van der Waals surface area contributed by atoms with Gasteiger partial charge in [-0.2, -0.15) is 0 Å². The van der Waals surface area contributed by atoms with Crippen molar-refractivity contribution in [3.8, 4) is 5.75 Å². The van der Waals surface area contributed by atoms with Crippen molar-refractivity contribution in [1.29, 1.82) is 0 Å². The lowest BCUT2D eigenvalue weighted by molar-refractivity contribution is -0.681. The number of phenols is 1. The summed E-state index contributed by atoms with van der Waals surface area (Å²) in [5, 5.41) is 19.9. The van der Waals surface area contributed by atoms with Crippen LogP contribution >= 0.6 is 7.60 Å². The number of para-hydroxylation sites is 1. The number of aromatic hydroxyl groups is 1. The van der Waals surface area contributed by atoms with Crippen molar-refractivity contribution in [3.05, 3.63) is 29.8 Å². The Morgan fingerprint density at radius 3 is 2.50 bits per heavy atom. The van der Waals surface area contributed by atoms with Crippen molar-refractivity contribution in [3.63, 3.8) is 0 Å². The Labute approximate surface area is 117 Å². The molecule has 0 amide bonds. The fraction of sp³-hybridized carbons (Fsp3) is 0.455. The molecule has 0 aliphatic heterocycles. The number of nitrogens with two attached hydrogens (primary N) is 1. The third kappa shape index (κ3) is 5.56. The van der Waals surface area contributed by atoms with Gasteiger partial charge in [0.25, 0.3) is 0 Å². The summed E-state index contributed by atoms with van der Waals surface area (Å²) in [5.41, 5.74) is 0.262. The quantitative estimate of drug-likeness (QED) is 0.488. The molecule has 0 aliphatic carbocycles. The lowest BCUT2D eigenvalue weighted by atomic mass is 10.2. The van der Waals surface area contributed by atoms with Crippen molar-refractivity contribution in [2.75, 3.05) is 19.8 Å². The van der Waals surface area contributed by atoms with Crippen LogP contribution in [-0.4, -0.2) is 40.9 Å². The van der Waals surface area contributed by atoms with E-state index < -0.39 is 13.4 Å². The smallest absolute Gasteiger partial charge is 0.197 e. The summed E-state index contributed by atoms with van der Waals surface area (Å²) in [6, 6.07) is 6.19. The molecule has 0 bridgehead atoms. The molecule has 0 radical (unpaired) electrons. The number of hydrogen-bond acceptors (Lipinski definition) is 5. The molecule has 9 heteroatoms. The van der Waals surface area contributed by atoms with Crippen molar-refractivity contribution < 1.29 is 40.5 Å². The molecule has 0 heterocycles. The minimum atomic E-state index is -4.16. The fourth-order valence-corrected chi connectivity index (χ4v) is 3.14. The molecule has 0 saturated carbocycles. The van der Waals surface area contributed by atoms with Crippen LogP contribution in [0.4, 0.5) is 0 Å². The van der Waals surface area contributed by atoms with E-state index in [-0.39, 0.29) is 42.0 Å². The van der Waals surface area contributed by atoms with Gasteiger partial charge in [0.05, 0.1) is 25.3 Å². The maximum Gasteiger partial charge on any atom is 0.197 e. The van der Waals surface area contributed by atoms with E-state index in [9.17, 15) is 14.6 Å². The van der Waals surface area contributed by atoms with E-state index in [1.165, 1.54) is 17.4 Å². The van der Waals surface area contributed by atoms with E-state index in [1.54, 1.807) is 19.1 Å². The molecule has 20 heavy (non-hydrogen) atoms. The zero-order valence-electron chi connectivity index (χ0n) is 11.2. The first-order valence-electron chi connectivity index (χ1n) is 5.70. The van der Waals surface area contributed by atoms with Crippen LogP contribution in [0.2, 0.25) is 0 Å². The van der Waals surface area contributed by atoms with Crippen LogP contribution < -0.4 is 10.2 Å². The predicted octanol–water partition coefficient (Wildman–Crippen LogP) is -2.11. The van der Waals surface area contributed by atoms with Gasteiger partial charge in [0, 0.05) is 0 Å². The van der Waals surface area contributed by atoms with Gasteiger partial charge in [-0.3, -0.25) is 0 Å². The number of aliphatic hydroxyl groups is 1. The van der Waals surface area contributed by atoms with Gasteiger partial charge < -0.3 is 40.5 Å². The predicted molar refractivity (Wildman–Crippen MR) is 71.2 cm³/mol. The summed E-state index contributed by atoms with van der Waals surface area (Å²) in [7, 11) is -4.16. The molecule has 8 N–H and O–H groups in total. The molecular formula is C11H22NO7P. The Hall–Kier alpha value is -0.990. The van der Waals surface area contributed by atoms with Crippen LogP contribution in [0.1, 0.15) is 18.3 Å². The third-order valence-corrected chi connectivity index (χ3v) is 4.21. The first-order chi connectivity index (χ1) is 8.53. The molecule has 0 saturated heterocycles. The maximum absolute atomic E-state index is 12.0. The summed E-state index contributed by atoms with van der Waals surface area (Å²) in [4.78, 5) is 12.0. The van der Waals surface area contributed by atoms with Gasteiger partial charge >= 0.3 is 0 Å². The number of benzene rings is 1. The van der Waals surface area contributed by atoms with Crippen LogP contribution in [0, 0.1) is 0 Å². The summed E-state index contributed by atoms with van der Waals surface area (Å²) < 4.78 is 16.7. The van der Waals surface area contributed by atoms with E-state index in [1.807, 2.05) is 0 Å². The normalized spacial score (nSPS) is 14.6. The third-order valence-electron chi connectivity index (χ3n) is 2.42. The Balaban J connectivity index is 0. The molecule has 1 unspecified atom stereocenters. The lowest BCUT2D eigenvalue weighted by Gasteiger charge is -2.29. The molecule has 1 aromatic rings. The summed E-state index contributed by atoms with van der Waals surface area (Å²) in [5.74, 6) is -1.15. The summed E-state index contributed by atoms with van der Waals surface area (Å²) >= 11 is 0. The molecule has 0 aromatic heterocycles. The van der Waals surface area contributed by atoms with Gasteiger partial charge in [0.1, 0.15) is 5.75 Å². The average Bonchev–Trinajstić information content (AvgIpc) is 2.31. The van der Waals surface area contributed by atoms with Gasteiger partial charge in [0.2, 0.25) is 0 Å². The van der Waals surface area contributed by atoms with Crippen LogP contribution in [0.3, 0.4) is 0 Å². The largest absolute Gasteiger partial charge is 0.774 e. The highest BCUT2D eigenvalue weighted by Gasteiger charge is 2.30. The zero-order chi connectivity index (χ0) is 13.6. The highest BCUT2D eigenvalue weighted by Crippen LogP contribution is 2.50. The second kappa shape index (κ2) is 9.84. The minimum Gasteiger partial charge on any atom is -0.774 e. The van der Waals surface area contributed by atoms with E-state index in [0.717, 1.165) is 0 Å². The average molecular weight is 311 g/mol. The second-order valence-corrected chi connectivity index (χ2v) is 5.60. The molecular weight excluding hydrogens is 289 g/mol. The molecule has 1 aromatic carbocycles. The Morgan fingerprint density at radius 2 is 2.00 bits per heavy atom. The van der Waals surface area contributed by atoms with E-state index in [4.69, 9.17) is 9.63 Å². The highest BCUT2D eigenvalue weighted by atomic mass is 31.2. The van der Waals surface area contributed by atoms with Crippen LogP contribution in [0.15, 0.2) is 24.3 Å². The van der Waals surface area contributed by atoms with Crippen molar-refractivity contribution >= 4 is 7.60 Å². The van der Waals surface area contributed by atoms with E-state index >= 15 is 0 Å². The van der Waals surface area contributed by atoms with Crippen molar-refractivity contribution in [2.24, 2.45) is 0 Å². The topological polar surface area (TPSA) is 169 Å². The monoisotopic (exact) mass is 311 g/mol. The Bertz CT molecular complexity index is 429. The Morgan fingerprint density at radius 1 is 1.40 bits per heavy atom. The number of rotatable bonds is 7. The van der Waals surface area contributed by atoms with E-state index in [0.29, 0.717) is 0 Å². The van der Waals surface area contributed by atoms with Gasteiger partial charge in [-0.05, 0) is 19.1 Å². The number of quaternary nitrogens is 1. The molecule has 118 valence electrons. The number of hydrogen-bond donors (Lipinski definition) is 3. The van der Waals surface area contributed by atoms with Crippen LogP contribution in [-0.2, 0) is 9.09 Å². The molecule has 1 rings (SSSR count).